The molecule has 5 nitrogen and oxygen atoms in total. The highest BCUT2D eigenvalue weighted by molar-refractivity contribution is 6.06. The molecule has 0 unspecified atom stereocenters. The topological polar surface area (TPSA) is 62.4 Å². The van der Waals surface area contributed by atoms with Gasteiger partial charge in [-0.2, -0.15) is 0 Å². The molecule has 0 radical (unpaired) electrons. The number of hydrogen-bond donors (Lipinski definition) is 1. The van der Waals surface area contributed by atoms with Crippen molar-refractivity contribution in [3.05, 3.63) is 105 Å². The summed E-state index contributed by atoms with van der Waals surface area (Å²) in [4.78, 5) is 30.6. The Labute approximate surface area is 185 Å². The van der Waals surface area contributed by atoms with Gasteiger partial charge in [-0.3, -0.25) is 9.59 Å². The molecule has 4 aromatic rings. The van der Waals surface area contributed by atoms with E-state index in [1.54, 1.807) is 31.4 Å². The number of carbonyl (C=O) groups excluding carboxylic acids is 1. The Bertz CT molecular complexity index is 1380. The fraction of sp³-hybridized carbons (Fsp3) is 0.154. The molecular weight excluding hydrogens is 407 g/mol. The molecule has 0 saturated carbocycles. The zero-order valence-electron chi connectivity index (χ0n) is 18.1. The van der Waals surface area contributed by atoms with Gasteiger partial charge in [-0.1, -0.05) is 24.3 Å². The molecule has 6 heteroatoms. The van der Waals surface area contributed by atoms with Crippen molar-refractivity contribution >= 4 is 22.5 Å². The van der Waals surface area contributed by atoms with Crippen molar-refractivity contribution in [2.45, 2.75) is 20.4 Å². The Morgan fingerprint density at radius 3 is 2.56 bits per heavy atom. The van der Waals surface area contributed by atoms with Gasteiger partial charge < -0.3 is 14.6 Å². The van der Waals surface area contributed by atoms with Gasteiger partial charge in [-0.25, -0.2) is 4.39 Å². The number of nitrogens with one attached hydrogen (secondary N) is 1. The van der Waals surface area contributed by atoms with Crippen LogP contribution in [-0.2, 0) is 6.54 Å². The van der Waals surface area contributed by atoms with E-state index in [-0.39, 0.29) is 17.7 Å². The predicted molar refractivity (Wildman–Crippen MR) is 124 cm³/mol. The van der Waals surface area contributed by atoms with Crippen LogP contribution in [0.5, 0.6) is 5.75 Å². The lowest BCUT2D eigenvalue weighted by atomic mass is 10.1. The number of amides is 1. The first-order valence-corrected chi connectivity index (χ1v) is 10.2. The number of methoxy groups -OCH3 is 1. The molecule has 32 heavy (non-hydrogen) atoms. The minimum atomic E-state index is -0.604. The number of pyridine rings is 1. The molecule has 0 atom stereocenters. The first-order chi connectivity index (χ1) is 15.4. The number of rotatable bonds is 5. The van der Waals surface area contributed by atoms with Crippen LogP contribution in [0.3, 0.4) is 0 Å². The van der Waals surface area contributed by atoms with Gasteiger partial charge in [-0.05, 0) is 66.8 Å². The minimum Gasteiger partial charge on any atom is -0.497 e. The molecule has 0 bridgehead atoms. The molecule has 0 aliphatic heterocycles. The van der Waals surface area contributed by atoms with Crippen LogP contribution in [0.1, 0.15) is 27.0 Å². The van der Waals surface area contributed by atoms with Crippen LogP contribution < -0.4 is 15.2 Å². The summed E-state index contributed by atoms with van der Waals surface area (Å²) >= 11 is 0. The summed E-state index contributed by atoms with van der Waals surface area (Å²) in [5, 5.41) is 0.805. The highest BCUT2D eigenvalue weighted by Gasteiger charge is 2.23. The maximum atomic E-state index is 14.5. The zero-order chi connectivity index (χ0) is 22.8. The van der Waals surface area contributed by atoms with Crippen LogP contribution in [-0.4, -0.2) is 18.0 Å². The summed E-state index contributed by atoms with van der Waals surface area (Å²) in [5.74, 6) is -0.481. The molecule has 1 heterocycles. The highest BCUT2D eigenvalue weighted by Crippen LogP contribution is 2.27. The third-order valence-electron chi connectivity index (χ3n) is 5.46. The summed E-state index contributed by atoms with van der Waals surface area (Å²) in [6.07, 6.45) is 0. The number of aromatic amines is 1. The van der Waals surface area contributed by atoms with Crippen LogP contribution in [0.15, 0.2) is 71.5 Å². The molecule has 3 aromatic carbocycles. The van der Waals surface area contributed by atoms with E-state index in [1.165, 1.54) is 23.1 Å². The second-order valence-electron chi connectivity index (χ2n) is 7.74. The number of H-pyrrole nitrogens is 1. The maximum absolute atomic E-state index is 14.5. The summed E-state index contributed by atoms with van der Waals surface area (Å²) in [7, 11) is 1.56. The molecule has 4 rings (SSSR count). The van der Waals surface area contributed by atoms with Crippen molar-refractivity contribution in [1.82, 2.24) is 4.98 Å². The molecule has 0 saturated heterocycles. The Morgan fingerprint density at radius 1 is 1.03 bits per heavy atom. The second kappa shape index (κ2) is 8.67. The largest absolute Gasteiger partial charge is 0.497 e. The van der Waals surface area contributed by atoms with Crippen molar-refractivity contribution in [1.29, 1.82) is 0 Å². The Kier molecular flexibility index (Phi) is 5.77. The number of aromatic nitrogens is 1. The SMILES string of the molecule is COc1ccc2cc(CN(C(=O)c3ccccc3F)c3cc(C)ccc3C)c(=O)[nH]c2c1. The van der Waals surface area contributed by atoms with Gasteiger partial charge in [0.1, 0.15) is 11.6 Å². The van der Waals surface area contributed by atoms with Crippen molar-refractivity contribution < 1.29 is 13.9 Å². The number of aryl methyl sites for hydroxylation is 2. The van der Waals surface area contributed by atoms with Crippen molar-refractivity contribution in [2.24, 2.45) is 0 Å². The average Bonchev–Trinajstić information content (AvgIpc) is 2.79. The van der Waals surface area contributed by atoms with Gasteiger partial charge in [0, 0.05) is 17.3 Å². The maximum Gasteiger partial charge on any atom is 0.261 e. The smallest absolute Gasteiger partial charge is 0.261 e. The first-order valence-electron chi connectivity index (χ1n) is 10.2. The summed E-state index contributed by atoms with van der Waals surface area (Å²) in [5.41, 5.74) is 3.11. The van der Waals surface area contributed by atoms with Gasteiger partial charge in [0.2, 0.25) is 0 Å². The Hall–Kier alpha value is -3.93. The number of benzene rings is 3. The van der Waals surface area contributed by atoms with Crippen LogP contribution in [0.25, 0.3) is 10.9 Å². The summed E-state index contributed by atoms with van der Waals surface area (Å²) < 4.78 is 19.7. The van der Waals surface area contributed by atoms with E-state index in [0.29, 0.717) is 22.5 Å². The quantitative estimate of drug-likeness (QED) is 0.477. The molecule has 1 aromatic heterocycles. The van der Waals surface area contributed by atoms with Gasteiger partial charge in [0.05, 0.1) is 24.7 Å². The van der Waals surface area contributed by atoms with E-state index in [9.17, 15) is 14.0 Å². The standard InChI is InChI=1S/C26H23FN2O3/c1-16-8-9-17(2)24(12-16)29(26(31)21-6-4-5-7-22(21)27)15-19-13-18-10-11-20(32-3)14-23(18)28-25(19)30/h4-14H,15H2,1-3H3,(H,28,30). The van der Waals surface area contributed by atoms with Crippen molar-refractivity contribution in [2.75, 3.05) is 12.0 Å². The van der Waals surface area contributed by atoms with Crippen LogP contribution in [0, 0.1) is 19.7 Å². The third kappa shape index (κ3) is 4.12. The van der Waals surface area contributed by atoms with Crippen LogP contribution in [0.4, 0.5) is 10.1 Å². The molecule has 0 aliphatic rings. The average molecular weight is 430 g/mol. The van der Waals surface area contributed by atoms with Crippen molar-refractivity contribution in [3.63, 3.8) is 0 Å². The lowest BCUT2D eigenvalue weighted by molar-refractivity contribution is 0.0981. The van der Waals surface area contributed by atoms with Crippen LogP contribution in [0.2, 0.25) is 0 Å². The van der Waals surface area contributed by atoms with Gasteiger partial charge in [0.25, 0.3) is 11.5 Å². The lowest BCUT2D eigenvalue weighted by Gasteiger charge is -2.25. The summed E-state index contributed by atoms with van der Waals surface area (Å²) in [6.45, 7) is 3.80. The number of carbonyl (C=O) groups is 1. The number of fused-ring (bicyclic) bond motifs is 1. The number of hydrogen-bond acceptors (Lipinski definition) is 3. The Morgan fingerprint density at radius 2 is 1.81 bits per heavy atom. The number of anilines is 1. The molecule has 0 fully saturated rings. The van der Waals surface area contributed by atoms with E-state index in [1.807, 2.05) is 38.1 Å². The van der Waals surface area contributed by atoms with E-state index < -0.39 is 11.7 Å². The van der Waals surface area contributed by atoms with Crippen LogP contribution >= 0.6 is 0 Å². The highest BCUT2D eigenvalue weighted by atomic mass is 19.1. The van der Waals surface area contributed by atoms with E-state index in [4.69, 9.17) is 4.74 Å². The van der Waals surface area contributed by atoms with Gasteiger partial charge in [0.15, 0.2) is 0 Å². The summed E-state index contributed by atoms with van der Waals surface area (Å²) in [6, 6.07) is 18.7. The molecule has 162 valence electrons. The molecule has 0 aliphatic carbocycles. The van der Waals surface area contributed by atoms with E-state index in [0.717, 1.165) is 16.5 Å². The number of nitrogens with zero attached hydrogens (tertiary/aromatic N) is 1. The van der Waals surface area contributed by atoms with E-state index >= 15 is 0 Å². The number of halogens is 1. The van der Waals surface area contributed by atoms with Crippen molar-refractivity contribution in [3.8, 4) is 5.75 Å². The molecule has 0 spiro atoms. The number of ether oxygens (including phenoxy) is 1. The predicted octanol–water partition coefficient (Wildman–Crippen LogP) is 5.14. The normalized spacial score (nSPS) is 10.9. The second-order valence-corrected chi connectivity index (χ2v) is 7.74. The monoisotopic (exact) mass is 430 g/mol. The van der Waals surface area contributed by atoms with E-state index in [2.05, 4.69) is 4.98 Å². The zero-order valence-corrected chi connectivity index (χ0v) is 18.1. The lowest BCUT2D eigenvalue weighted by Crippen LogP contribution is -2.34. The third-order valence-corrected chi connectivity index (χ3v) is 5.46. The molecule has 1 amide bonds. The fourth-order valence-electron chi connectivity index (χ4n) is 3.70. The first kappa shape index (κ1) is 21.3. The van der Waals surface area contributed by atoms with Gasteiger partial charge >= 0.3 is 0 Å². The molecular formula is C26H23FN2O3. The minimum absolute atomic E-state index is 0.00519. The fourth-order valence-corrected chi connectivity index (χ4v) is 3.70. The molecule has 1 N–H and O–H groups in total. The Balaban J connectivity index is 1.83. The van der Waals surface area contributed by atoms with Gasteiger partial charge in [-0.15, -0.1) is 0 Å².